The second-order valence-corrected chi connectivity index (χ2v) is 4.97. The minimum absolute atomic E-state index is 0.124. The van der Waals surface area contributed by atoms with Gasteiger partial charge in [-0.15, -0.1) is 0 Å². The lowest BCUT2D eigenvalue weighted by atomic mass is 10.1. The Morgan fingerprint density at radius 1 is 1.26 bits per heavy atom. The van der Waals surface area contributed by atoms with E-state index < -0.39 is 0 Å². The van der Waals surface area contributed by atoms with Gasteiger partial charge in [0.15, 0.2) is 0 Å². The van der Waals surface area contributed by atoms with Gasteiger partial charge in [0.2, 0.25) is 0 Å². The van der Waals surface area contributed by atoms with Crippen LogP contribution < -0.4 is 4.74 Å². The number of nitrogens with one attached hydrogen (secondary N) is 1. The maximum absolute atomic E-state index is 12.5. The number of methoxy groups -OCH3 is 1. The van der Waals surface area contributed by atoms with Crippen molar-refractivity contribution in [1.82, 2.24) is 9.88 Å². The predicted molar refractivity (Wildman–Crippen MR) is 74.6 cm³/mol. The second kappa shape index (κ2) is 4.96. The van der Waals surface area contributed by atoms with E-state index in [9.17, 15) is 4.79 Å². The lowest BCUT2D eigenvalue weighted by Gasteiger charge is -2.26. The third-order valence-corrected chi connectivity index (χ3v) is 3.76. The fraction of sp³-hybridized carbons (Fsp3) is 0.400. The van der Waals surface area contributed by atoms with Gasteiger partial charge in [0.25, 0.3) is 5.91 Å². The molecule has 0 atom stereocenters. The number of rotatable bonds is 2. The second-order valence-electron chi connectivity index (χ2n) is 4.97. The van der Waals surface area contributed by atoms with E-state index >= 15 is 0 Å². The van der Waals surface area contributed by atoms with E-state index in [4.69, 9.17) is 4.74 Å². The fourth-order valence-electron chi connectivity index (χ4n) is 2.67. The summed E-state index contributed by atoms with van der Waals surface area (Å²) in [4.78, 5) is 17.6. The molecule has 1 aromatic carbocycles. The first-order chi connectivity index (χ1) is 9.29. The number of ether oxygens (including phenoxy) is 1. The number of carbonyl (C=O) groups is 1. The molecule has 1 amide bonds. The molecule has 0 saturated carbocycles. The molecule has 2 heterocycles. The van der Waals surface area contributed by atoms with E-state index in [1.54, 1.807) is 13.3 Å². The summed E-state index contributed by atoms with van der Waals surface area (Å²) < 4.78 is 5.23. The lowest BCUT2D eigenvalue weighted by molar-refractivity contribution is 0.0726. The first kappa shape index (κ1) is 12.1. The van der Waals surface area contributed by atoms with Crippen LogP contribution in [0.2, 0.25) is 0 Å². The molecule has 1 aromatic heterocycles. The van der Waals surface area contributed by atoms with E-state index in [1.807, 2.05) is 23.1 Å². The quantitative estimate of drug-likeness (QED) is 0.900. The maximum Gasteiger partial charge on any atom is 0.256 e. The van der Waals surface area contributed by atoms with Crippen LogP contribution >= 0.6 is 0 Å². The highest BCUT2D eigenvalue weighted by Crippen LogP contribution is 2.25. The van der Waals surface area contributed by atoms with E-state index in [-0.39, 0.29) is 5.91 Å². The van der Waals surface area contributed by atoms with Gasteiger partial charge in [-0.05, 0) is 37.5 Å². The van der Waals surface area contributed by atoms with E-state index in [2.05, 4.69) is 4.98 Å². The highest BCUT2D eigenvalue weighted by Gasteiger charge is 2.21. The van der Waals surface area contributed by atoms with Crippen molar-refractivity contribution in [3.8, 4) is 5.75 Å². The number of aromatic nitrogens is 1. The standard InChI is InChI=1S/C15H18N2O2/c1-19-11-5-6-14-12(9-11)13(10-16-14)15(18)17-7-3-2-4-8-17/h5-6,9-10,16H,2-4,7-8H2,1H3. The number of fused-ring (bicyclic) bond motifs is 1. The molecular weight excluding hydrogens is 240 g/mol. The Morgan fingerprint density at radius 3 is 2.79 bits per heavy atom. The van der Waals surface area contributed by atoms with Crippen molar-refractivity contribution < 1.29 is 9.53 Å². The van der Waals surface area contributed by atoms with Gasteiger partial charge >= 0.3 is 0 Å². The van der Waals surface area contributed by atoms with Gasteiger partial charge in [-0.2, -0.15) is 0 Å². The highest BCUT2D eigenvalue weighted by atomic mass is 16.5. The molecule has 19 heavy (non-hydrogen) atoms. The lowest BCUT2D eigenvalue weighted by Crippen LogP contribution is -2.35. The van der Waals surface area contributed by atoms with Gasteiger partial charge in [-0.3, -0.25) is 4.79 Å². The third-order valence-electron chi connectivity index (χ3n) is 3.76. The molecule has 100 valence electrons. The molecule has 1 fully saturated rings. The Bertz CT molecular complexity index is 597. The van der Waals surface area contributed by atoms with Gasteiger partial charge in [-0.1, -0.05) is 0 Å². The van der Waals surface area contributed by atoms with Crippen molar-refractivity contribution in [2.24, 2.45) is 0 Å². The number of H-pyrrole nitrogens is 1. The zero-order chi connectivity index (χ0) is 13.2. The maximum atomic E-state index is 12.5. The number of aromatic amines is 1. The summed E-state index contributed by atoms with van der Waals surface area (Å²) in [6, 6.07) is 5.76. The Balaban J connectivity index is 1.97. The summed E-state index contributed by atoms with van der Waals surface area (Å²) in [5, 5.41) is 0.940. The number of benzene rings is 1. The number of carbonyl (C=O) groups excluding carboxylic acids is 1. The largest absolute Gasteiger partial charge is 0.497 e. The van der Waals surface area contributed by atoms with Crippen molar-refractivity contribution in [2.45, 2.75) is 19.3 Å². The van der Waals surface area contributed by atoms with Gasteiger partial charge in [-0.25, -0.2) is 0 Å². The SMILES string of the molecule is COc1ccc2[nH]cc(C(=O)N3CCCCC3)c2c1. The molecule has 1 N–H and O–H groups in total. The van der Waals surface area contributed by atoms with Crippen LogP contribution in [0.15, 0.2) is 24.4 Å². The summed E-state index contributed by atoms with van der Waals surface area (Å²) in [6.45, 7) is 1.74. The zero-order valence-electron chi connectivity index (χ0n) is 11.1. The summed E-state index contributed by atoms with van der Waals surface area (Å²) in [5.41, 5.74) is 1.72. The molecule has 0 bridgehead atoms. The van der Waals surface area contributed by atoms with Crippen LogP contribution in [0, 0.1) is 0 Å². The van der Waals surface area contributed by atoms with Crippen molar-refractivity contribution in [2.75, 3.05) is 20.2 Å². The van der Waals surface area contributed by atoms with Crippen molar-refractivity contribution in [1.29, 1.82) is 0 Å². The topological polar surface area (TPSA) is 45.3 Å². The Morgan fingerprint density at radius 2 is 2.05 bits per heavy atom. The number of nitrogens with zero attached hydrogens (tertiary/aromatic N) is 1. The van der Waals surface area contributed by atoms with Crippen LogP contribution in [0.4, 0.5) is 0 Å². The van der Waals surface area contributed by atoms with Crippen LogP contribution in [0.5, 0.6) is 5.75 Å². The predicted octanol–water partition coefficient (Wildman–Crippen LogP) is 2.80. The van der Waals surface area contributed by atoms with Crippen LogP contribution in [-0.2, 0) is 0 Å². The van der Waals surface area contributed by atoms with E-state index in [1.165, 1.54) is 6.42 Å². The first-order valence-electron chi connectivity index (χ1n) is 6.74. The van der Waals surface area contributed by atoms with Crippen LogP contribution in [0.3, 0.4) is 0 Å². The molecule has 1 aliphatic heterocycles. The Kier molecular flexibility index (Phi) is 3.15. The molecule has 3 rings (SSSR count). The van der Waals surface area contributed by atoms with Gasteiger partial charge in [0.1, 0.15) is 5.75 Å². The molecule has 0 unspecified atom stereocenters. The molecule has 0 radical (unpaired) electrons. The average Bonchev–Trinajstić information content (AvgIpc) is 2.90. The summed E-state index contributed by atoms with van der Waals surface area (Å²) in [7, 11) is 1.64. The number of hydrogen-bond donors (Lipinski definition) is 1. The summed E-state index contributed by atoms with van der Waals surface area (Å²) in [6.07, 6.45) is 5.25. The van der Waals surface area contributed by atoms with E-state index in [0.717, 1.165) is 48.1 Å². The molecule has 2 aromatic rings. The fourth-order valence-corrected chi connectivity index (χ4v) is 2.67. The van der Waals surface area contributed by atoms with Crippen molar-refractivity contribution >= 4 is 16.8 Å². The summed E-state index contributed by atoms with van der Waals surface area (Å²) in [5.74, 6) is 0.902. The minimum atomic E-state index is 0.124. The third kappa shape index (κ3) is 2.18. The van der Waals surface area contributed by atoms with Crippen LogP contribution in [0.1, 0.15) is 29.6 Å². The molecule has 0 aliphatic carbocycles. The Hall–Kier alpha value is -1.97. The van der Waals surface area contributed by atoms with Crippen molar-refractivity contribution in [3.63, 3.8) is 0 Å². The number of likely N-dealkylation sites (tertiary alicyclic amines) is 1. The Labute approximate surface area is 112 Å². The highest BCUT2D eigenvalue weighted by molar-refractivity contribution is 6.07. The minimum Gasteiger partial charge on any atom is -0.497 e. The summed E-state index contributed by atoms with van der Waals surface area (Å²) >= 11 is 0. The molecule has 4 heteroatoms. The van der Waals surface area contributed by atoms with Gasteiger partial charge in [0, 0.05) is 30.2 Å². The molecule has 1 aliphatic rings. The van der Waals surface area contributed by atoms with Gasteiger partial charge < -0.3 is 14.6 Å². The van der Waals surface area contributed by atoms with Crippen LogP contribution in [-0.4, -0.2) is 36.0 Å². The zero-order valence-corrected chi connectivity index (χ0v) is 11.1. The smallest absolute Gasteiger partial charge is 0.256 e. The van der Waals surface area contributed by atoms with Crippen LogP contribution in [0.25, 0.3) is 10.9 Å². The van der Waals surface area contributed by atoms with E-state index in [0.29, 0.717) is 0 Å². The molecule has 1 saturated heterocycles. The number of hydrogen-bond acceptors (Lipinski definition) is 2. The molecule has 4 nitrogen and oxygen atoms in total. The molecular formula is C15H18N2O2. The van der Waals surface area contributed by atoms with Gasteiger partial charge in [0.05, 0.1) is 12.7 Å². The number of piperidine rings is 1. The average molecular weight is 258 g/mol. The molecule has 0 spiro atoms. The number of amides is 1. The van der Waals surface area contributed by atoms with Crippen molar-refractivity contribution in [3.05, 3.63) is 30.0 Å². The normalized spacial score (nSPS) is 15.7. The monoisotopic (exact) mass is 258 g/mol. The first-order valence-corrected chi connectivity index (χ1v) is 6.74.